The molecule has 1 amide bonds. The van der Waals surface area contributed by atoms with Gasteiger partial charge in [0.2, 0.25) is 0 Å². The van der Waals surface area contributed by atoms with E-state index in [-0.39, 0.29) is 24.0 Å². The number of nitrogens with zero attached hydrogens (tertiary/aromatic N) is 2. The minimum Gasteiger partial charge on any atom is -0.466 e. The van der Waals surface area contributed by atoms with Crippen molar-refractivity contribution in [1.29, 1.82) is 0 Å². The monoisotopic (exact) mass is 380 g/mol. The van der Waals surface area contributed by atoms with E-state index in [1.54, 1.807) is 25.1 Å². The van der Waals surface area contributed by atoms with Gasteiger partial charge < -0.3 is 4.74 Å². The van der Waals surface area contributed by atoms with Crippen LogP contribution in [0.2, 0.25) is 0 Å². The fourth-order valence-corrected chi connectivity index (χ4v) is 3.50. The zero-order chi connectivity index (χ0) is 18.4. The van der Waals surface area contributed by atoms with Crippen molar-refractivity contribution in [3.63, 3.8) is 0 Å². The number of nitro benzene ring substituents is 1. The molecular formula is C16H16N2O5S2. The standard InChI is InChI=1S/C16H16N2O5S2/c1-2-23-14(19)7-4-8-17-15(20)13(25-16(17)24)10-11-5-3-6-12(9-11)18(21)22/h3,5-6,9-10H,2,4,7-8H2,1H3/b13-10-. The molecule has 1 heterocycles. The molecule has 9 heteroatoms. The molecule has 0 bridgehead atoms. The quantitative estimate of drug-likeness (QED) is 0.236. The Hall–Kier alpha value is -2.26. The number of hydrogen-bond donors (Lipinski definition) is 0. The van der Waals surface area contributed by atoms with Gasteiger partial charge in [0, 0.05) is 25.1 Å². The number of benzene rings is 1. The van der Waals surface area contributed by atoms with Gasteiger partial charge in [-0.2, -0.15) is 0 Å². The number of carbonyl (C=O) groups excluding carboxylic acids is 2. The van der Waals surface area contributed by atoms with Crippen LogP contribution in [0.15, 0.2) is 29.2 Å². The van der Waals surface area contributed by atoms with Gasteiger partial charge in [-0.15, -0.1) is 0 Å². The molecule has 0 radical (unpaired) electrons. The van der Waals surface area contributed by atoms with Crippen LogP contribution in [0.25, 0.3) is 6.08 Å². The van der Waals surface area contributed by atoms with Gasteiger partial charge in [0.05, 0.1) is 16.4 Å². The van der Waals surface area contributed by atoms with Gasteiger partial charge in [0.1, 0.15) is 4.32 Å². The molecule has 1 fully saturated rings. The number of thioether (sulfide) groups is 1. The van der Waals surface area contributed by atoms with Gasteiger partial charge in [-0.05, 0) is 25.0 Å². The van der Waals surface area contributed by atoms with Crippen LogP contribution in [-0.2, 0) is 14.3 Å². The van der Waals surface area contributed by atoms with Crippen molar-refractivity contribution in [3.05, 3.63) is 44.8 Å². The first-order chi connectivity index (χ1) is 11.9. The topological polar surface area (TPSA) is 89.8 Å². The summed E-state index contributed by atoms with van der Waals surface area (Å²) >= 11 is 6.35. The molecule has 1 saturated heterocycles. The Balaban J connectivity index is 2.04. The summed E-state index contributed by atoms with van der Waals surface area (Å²) in [6.45, 7) is 2.39. The molecule has 1 aliphatic rings. The third-order valence-electron chi connectivity index (χ3n) is 3.32. The van der Waals surface area contributed by atoms with Crippen molar-refractivity contribution in [3.8, 4) is 0 Å². The van der Waals surface area contributed by atoms with Gasteiger partial charge in [-0.25, -0.2) is 0 Å². The van der Waals surface area contributed by atoms with E-state index in [9.17, 15) is 19.7 Å². The molecule has 1 aromatic rings. The number of non-ortho nitro benzene ring substituents is 1. The number of hydrogen-bond acceptors (Lipinski definition) is 7. The molecule has 0 aliphatic carbocycles. The normalized spacial score (nSPS) is 15.7. The fraction of sp³-hybridized carbons (Fsp3) is 0.312. The summed E-state index contributed by atoms with van der Waals surface area (Å²) in [5, 5.41) is 10.8. The number of ether oxygens (including phenoxy) is 1. The molecule has 132 valence electrons. The lowest BCUT2D eigenvalue weighted by molar-refractivity contribution is -0.384. The SMILES string of the molecule is CCOC(=O)CCCN1C(=O)/C(=C/c2cccc([N+](=O)[O-])c2)SC1=S. The van der Waals surface area contributed by atoms with Crippen molar-refractivity contribution >= 4 is 51.9 Å². The average molecular weight is 380 g/mol. The molecular weight excluding hydrogens is 364 g/mol. The van der Waals surface area contributed by atoms with Gasteiger partial charge >= 0.3 is 5.97 Å². The lowest BCUT2D eigenvalue weighted by Crippen LogP contribution is -2.29. The summed E-state index contributed by atoms with van der Waals surface area (Å²) in [6.07, 6.45) is 2.25. The number of rotatable bonds is 7. The van der Waals surface area contributed by atoms with Crippen LogP contribution in [0.1, 0.15) is 25.3 Å². The molecule has 0 aromatic heterocycles. The number of amides is 1. The Bertz CT molecular complexity index is 748. The zero-order valence-corrected chi connectivity index (χ0v) is 15.1. The van der Waals surface area contributed by atoms with E-state index in [1.165, 1.54) is 17.0 Å². The Morgan fingerprint density at radius 2 is 2.24 bits per heavy atom. The minimum absolute atomic E-state index is 0.0429. The van der Waals surface area contributed by atoms with Crippen LogP contribution >= 0.6 is 24.0 Å². The second kappa shape index (κ2) is 8.72. The highest BCUT2D eigenvalue weighted by Crippen LogP contribution is 2.33. The van der Waals surface area contributed by atoms with Gasteiger partial charge in [-0.1, -0.05) is 36.1 Å². The lowest BCUT2D eigenvalue weighted by Gasteiger charge is -2.13. The molecule has 0 N–H and O–H groups in total. The van der Waals surface area contributed by atoms with E-state index < -0.39 is 4.92 Å². The molecule has 7 nitrogen and oxygen atoms in total. The number of nitro groups is 1. The van der Waals surface area contributed by atoms with E-state index >= 15 is 0 Å². The average Bonchev–Trinajstić information content (AvgIpc) is 2.82. The maximum atomic E-state index is 12.4. The van der Waals surface area contributed by atoms with Crippen molar-refractivity contribution in [2.24, 2.45) is 0 Å². The molecule has 0 atom stereocenters. The first-order valence-corrected chi connectivity index (χ1v) is 8.80. The van der Waals surface area contributed by atoms with Gasteiger partial charge in [0.25, 0.3) is 11.6 Å². The number of thiocarbonyl (C=S) groups is 1. The van der Waals surface area contributed by atoms with Crippen molar-refractivity contribution in [2.45, 2.75) is 19.8 Å². The van der Waals surface area contributed by atoms with Gasteiger partial charge in [0.15, 0.2) is 0 Å². The second-order valence-electron chi connectivity index (χ2n) is 5.09. The third-order valence-corrected chi connectivity index (χ3v) is 4.70. The third kappa shape index (κ3) is 5.10. The predicted octanol–water partition coefficient (Wildman–Crippen LogP) is 3.14. The van der Waals surface area contributed by atoms with E-state index in [4.69, 9.17) is 17.0 Å². The maximum Gasteiger partial charge on any atom is 0.305 e. The van der Waals surface area contributed by atoms with Crippen LogP contribution in [0.3, 0.4) is 0 Å². The lowest BCUT2D eigenvalue weighted by atomic mass is 10.2. The van der Waals surface area contributed by atoms with Crippen LogP contribution in [0.5, 0.6) is 0 Å². The van der Waals surface area contributed by atoms with E-state index in [0.717, 1.165) is 11.8 Å². The van der Waals surface area contributed by atoms with Crippen molar-refractivity contribution in [2.75, 3.05) is 13.2 Å². The highest BCUT2D eigenvalue weighted by Gasteiger charge is 2.31. The number of carbonyl (C=O) groups is 2. The molecule has 0 spiro atoms. The Morgan fingerprint density at radius 3 is 2.92 bits per heavy atom. The predicted molar refractivity (Wildman–Crippen MR) is 98.8 cm³/mol. The summed E-state index contributed by atoms with van der Waals surface area (Å²) in [6, 6.07) is 6.02. The fourth-order valence-electron chi connectivity index (χ4n) is 2.19. The Morgan fingerprint density at radius 1 is 1.48 bits per heavy atom. The first kappa shape index (κ1) is 19.1. The van der Waals surface area contributed by atoms with Crippen LogP contribution in [-0.4, -0.2) is 39.2 Å². The van der Waals surface area contributed by atoms with E-state index in [2.05, 4.69) is 0 Å². The van der Waals surface area contributed by atoms with Crippen LogP contribution in [0.4, 0.5) is 5.69 Å². The summed E-state index contributed by atoms with van der Waals surface area (Å²) in [4.78, 5) is 36.0. The largest absolute Gasteiger partial charge is 0.466 e. The van der Waals surface area contributed by atoms with Crippen molar-refractivity contribution in [1.82, 2.24) is 4.90 Å². The summed E-state index contributed by atoms with van der Waals surface area (Å²) in [5.74, 6) is -0.564. The highest BCUT2D eigenvalue weighted by atomic mass is 32.2. The highest BCUT2D eigenvalue weighted by molar-refractivity contribution is 8.26. The summed E-state index contributed by atoms with van der Waals surface area (Å²) < 4.78 is 5.25. The zero-order valence-electron chi connectivity index (χ0n) is 13.5. The Labute approximate surface area is 154 Å². The molecule has 0 saturated carbocycles. The molecule has 25 heavy (non-hydrogen) atoms. The number of esters is 1. The molecule has 1 aromatic carbocycles. The van der Waals surface area contributed by atoms with E-state index in [0.29, 0.717) is 34.4 Å². The van der Waals surface area contributed by atoms with Crippen LogP contribution < -0.4 is 0 Å². The van der Waals surface area contributed by atoms with E-state index in [1.807, 2.05) is 0 Å². The minimum atomic E-state index is -0.488. The molecule has 1 aliphatic heterocycles. The summed E-state index contributed by atoms with van der Waals surface area (Å²) in [7, 11) is 0. The molecule has 2 rings (SSSR count). The Kier molecular flexibility index (Phi) is 6.65. The van der Waals surface area contributed by atoms with Crippen molar-refractivity contribution < 1.29 is 19.2 Å². The van der Waals surface area contributed by atoms with Gasteiger partial charge in [-0.3, -0.25) is 24.6 Å². The van der Waals surface area contributed by atoms with Crippen LogP contribution in [0, 0.1) is 10.1 Å². The smallest absolute Gasteiger partial charge is 0.305 e. The second-order valence-corrected chi connectivity index (χ2v) is 6.77. The first-order valence-electron chi connectivity index (χ1n) is 7.57. The molecule has 0 unspecified atom stereocenters. The summed E-state index contributed by atoms with van der Waals surface area (Å²) in [5.41, 5.74) is 0.514. The maximum absolute atomic E-state index is 12.4.